The molecule has 0 amide bonds. The Morgan fingerprint density at radius 2 is 2.06 bits per heavy atom. The normalized spacial score (nSPS) is 18.3. The number of Topliss-reactive ketones (excluding diaryl/α,β-unsaturated/α-hetero) is 1. The number of hydrogen-bond donors (Lipinski definition) is 0. The summed E-state index contributed by atoms with van der Waals surface area (Å²) >= 11 is 3.37. The third kappa shape index (κ3) is 2.76. The third-order valence-corrected chi connectivity index (χ3v) is 4.51. The van der Waals surface area contributed by atoms with Crippen molar-refractivity contribution in [3.63, 3.8) is 0 Å². The minimum atomic E-state index is -0.285. The first-order valence-corrected chi connectivity index (χ1v) is 6.78. The van der Waals surface area contributed by atoms with Gasteiger partial charge in [-0.15, -0.1) is 0 Å². The van der Waals surface area contributed by atoms with E-state index in [2.05, 4.69) is 15.9 Å². The summed E-state index contributed by atoms with van der Waals surface area (Å²) in [6.45, 7) is 2.04. The van der Waals surface area contributed by atoms with Crippen LogP contribution in [-0.2, 0) is 11.2 Å². The van der Waals surface area contributed by atoms with Gasteiger partial charge in [0, 0.05) is 16.3 Å². The van der Waals surface area contributed by atoms with Crippen LogP contribution in [0.15, 0.2) is 22.7 Å². The molecule has 0 aromatic heterocycles. The molecular formula is C14H16BrFO. The minimum Gasteiger partial charge on any atom is -0.299 e. The average Bonchev–Trinajstić information content (AvgIpc) is 2.72. The van der Waals surface area contributed by atoms with E-state index in [9.17, 15) is 9.18 Å². The third-order valence-electron chi connectivity index (χ3n) is 3.74. The van der Waals surface area contributed by atoms with Gasteiger partial charge in [0.25, 0.3) is 0 Å². The second-order valence-corrected chi connectivity index (χ2v) is 5.96. The lowest BCUT2D eigenvalue weighted by Crippen LogP contribution is -2.26. The van der Waals surface area contributed by atoms with Crippen molar-refractivity contribution in [2.45, 2.75) is 39.0 Å². The number of benzene rings is 1. The average molecular weight is 299 g/mol. The Balaban J connectivity index is 2.15. The smallest absolute Gasteiger partial charge is 0.143 e. The molecule has 1 aliphatic carbocycles. The molecule has 0 aliphatic heterocycles. The number of halogens is 2. The van der Waals surface area contributed by atoms with Gasteiger partial charge in [-0.05, 0) is 36.6 Å². The van der Waals surface area contributed by atoms with E-state index < -0.39 is 0 Å². The van der Waals surface area contributed by atoms with Gasteiger partial charge < -0.3 is 0 Å². The zero-order chi connectivity index (χ0) is 12.5. The van der Waals surface area contributed by atoms with Crippen LogP contribution in [0.3, 0.4) is 0 Å². The van der Waals surface area contributed by atoms with Crippen molar-refractivity contribution in [1.29, 1.82) is 0 Å². The quantitative estimate of drug-likeness (QED) is 0.814. The van der Waals surface area contributed by atoms with Crippen LogP contribution >= 0.6 is 15.9 Å². The van der Waals surface area contributed by atoms with Gasteiger partial charge in [-0.3, -0.25) is 4.79 Å². The number of carbonyl (C=O) groups is 1. The lowest BCUT2D eigenvalue weighted by Gasteiger charge is -2.21. The van der Waals surface area contributed by atoms with E-state index >= 15 is 0 Å². The van der Waals surface area contributed by atoms with Crippen molar-refractivity contribution in [3.05, 3.63) is 34.1 Å². The first kappa shape index (κ1) is 12.7. The van der Waals surface area contributed by atoms with Crippen molar-refractivity contribution in [2.75, 3.05) is 0 Å². The molecule has 0 bridgehead atoms. The monoisotopic (exact) mass is 298 g/mol. The Morgan fingerprint density at radius 1 is 1.41 bits per heavy atom. The molecule has 1 aromatic rings. The first-order valence-electron chi connectivity index (χ1n) is 5.98. The molecule has 0 atom stereocenters. The van der Waals surface area contributed by atoms with Gasteiger partial charge in [0.05, 0.1) is 0 Å². The van der Waals surface area contributed by atoms with Crippen LogP contribution in [0.1, 0.15) is 38.2 Å². The maximum absolute atomic E-state index is 13.1. The SMILES string of the molecule is CC1(C(=O)Cc2cc(F)ccc2Br)CCCC1. The lowest BCUT2D eigenvalue weighted by atomic mass is 9.81. The molecule has 1 nitrogen and oxygen atoms in total. The highest BCUT2D eigenvalue weighted by molar-refractivity contribution is 9.10. The minimum absolute atomic E-state index is 0.189. The molecule has 0 spiro atoms. The van der Waals surface area contributed by atoms with Gasteiger partial charge in [0.1, 0.15) is 11.6 Å². The van der Waals surface area contributed by atoms with Crippen LogP contribution in [0.5, 0.6) is 0 Å². The van der Waals surface area contributed by atoms with E-state index in [1.165, 1.54) is 12.1 Å². The summed E-state index contributed by atoms with van der Waals surface area (Å²) < 4.78 is 14.0. The fourth-order valence-electron chi connectivity index (χ4n) is 2.50. The zero-order valence-electron chi connectivity index (χ0n) is 9.93. The fraction of sp³-hybridized carbons (Fsp3) is 0.500. The maximum atomic E-state index is 13.1. The van der Waals surface area contributed by atoms with Crippen molar-refractivity contribution < 1.29 is 9.18 Å². The van der Waals surface area contributed by atoms with Crippen molar-refractivity contribution in [1.82, 2.24) is 0 Å². The highest BCUT2D eigenvalue weighted by atomic mass is 79.9. The Bertz CT molecular complexity index is 436. The summed E-state index contributed by atoms with van der Waals surface area (Å²) in [6, 6.07) is 4.50. The predicted molar refractivity (Wildman–Crippen MR) is 69.4 cm³/mol. The highest BCUT2D eigenvalue weighted by Gasteiger charge is 2.35. The van der Waals surface area contributed by atoms with Gasteiger partial charge in [-0.25, -0.2) is 4.39 Å². The number of rotatable bonds is 3. The number of ketones is 1. The standard InChI is InChI=1S/C14H16BrFO/c1-14(6-2-3-7-14)13(17)9-10-8-11(16)4-5-12(10)15/h4-5,8H,2-3,6-7,9H2,1H3. The summed E-state index contributed by atoms with van der Waals surface area (Å²) in [5.74, 6) is -0.0473. The molecule has 1 fully saturated rings. The molecule has 0 unspecified atom stereocenters. The summed E-state index contributed by atoms with van der Waals surface area (Å²) in [5, 5.41) is 0. The van der Waals surface area contributed by atoms with Crippen LogP contribution in [0.2, 0.25) is 0 Å². The van der Waals surface area contributed by atoms with Crippen LogP contribution in [0.4, 0.5) is 4.39 Å². The van der Waals surface area contributed by atoms with Crippen LogP contribution in [0.25, 0.3) is 0 Å². The summed E-state index contributed by atoms with van der Waals surface area (Å²) in [4.78, 5) is 12.3. The van der Waals surface area contributed by atoms with Crippen molar-refractivity contribution in [2.24, 2.45) is 5.41 Å². The van der Waals surface area contributed by atoms with Crippen LogP contribution in [0, 0.1) is 11.2 Å². The van der Waals surface area contributed by atoms with Crippen LogP contribution in [-0.4, -0.2) is 5.78 Å². The predicted octanol–water partition coefficient (Wildman–Crippen LogP) is 4.28. The first-order chi connectivity index (χ1) is 8.01. The topological polar surface area (TPSA) is 17.1 Å². The Kier molecular flexibility index (Phi) is 3.67. The van der Waals surface area contributed by atoms with E-state index in [-0.39, 0.29) is 17.0 Å². The van der Waals surface area contributed by atoms with Gasteiger partial charge in [0.2, 0.25) is 0 Å². The van der Waals surface area contributed by atoms with Crippen molar-refractivity contribution >= 4 is 21.7 Å². The molecule has 3 heteroatoms. The van der Waals surface area contributed by atoms with Gasteiger partial charge >= 0.3 is 0 Å². The van der Waals surface area contributed by atoms with E-state index in [0.717, 1.165) is 35.7 Å². The van der Waals surface area contributed by atoms with Gasteiger partial charge in [0.15, 0.2) is 0 Å². The van der Waals surface area contributed by atoms with Crippen molar-refractivity contribution in [3.8, 4) is 0 Å². The number of hydrogen-bond acceptors (Lipinski definition) is 1. The molecule has 0 N–H and O–H groups in total. The second kappa shape index (κ2) is 4.89. The molecule has 1 saturated carbocycles. The largest absolute Gasteiger partial charge is 0.299 e. The molecular weight excluding hydrogens is 283 g/mol. The number of carbonyl (C=O) groups excluding carboxylic acids is 1. The summed E-state index contributed by atoms with van der Waals surface area (Å²) in [5.41, 5.74) is 0.564. The maximum Gasteiger partial charge on any atom is 0.143 e. The Hall–Kier alpha value is -0.700. The zero-order valence-corrected chi connectivity index (χ0v) is 11.5. The fourth-order valence-corrected chi connectivity index (χ4v) is 2.89. The lowest BCUT2D eigenvalue weighted by molar-refractivity contribution is -0.126. The van der Waals surface area contributed by atoms with E-state index in [4.69, 9.17) is 0 Å². The van der Waals surface area contributed by atoms with Gasteiger partial charge in [-0.1, -0.05) is 35.7 Å². The van der Waals surface area contributed by atoms with E-state index in [1.54, 1.807) is 6.07 Å². The summed E-state index contributed by atoms with van der Waals surface area (Å²) in [7, 11) is 0. The molecule has 0 radical (unpaired) electrons. The molecule has 0 saturated heterocycles. The van der Waals surface area contributed by atoms with E-state index in [1.807, 2.05) is 6.92 Å². The Labute approximate surface area is 110 Å². The molecule has 92 valence electrons. The summed E-state index contributed by atoms with van der Waals surface area (Å²) in [6.07, 6.45) is 4.53. The molecule has 17 heavy (non-hydrogen) atoms. The molecule has 1 aromatic carbocycles. The molecule has 0 heterocycles. The van der Waals surface area contributed by atoms with E-state index in [0.29, 0.717) is 6.42 Å². The molecule has 2 rings (SSSR count). The second-order valence-electron chi connectivity index (χ2n) is 5.10. The molecule has 1 aliphatic rings. The highest BCUT2D eigenvalue weighted by Crippen LogP contribution is 2.39. The van der Waals surface area contributed by atoms with Gasteiger partial charge in [-0.2, -0.15) is 0 Å². The van der Waals surface area contributed by atoms with Crippen LogP contribution < -0.4 is 0 Å². The Morgan fingerprint density at radius 3 is 2.71 bits per heavy atom.